The molecule has 2 saturated heterocycles. The van der Waals surface area contributed by atoms with Crippen molar-refractivity contribution in [2.75, 3.05) is 19.6 Å². The number of hydrogen-bond donors (Lipinski definition) is 4. The van der Waals surface area contributed by atoms with Gasteiger partial charge in [0.25, 0.3) is 0 Å². The maximum atomic E-state index is 9.73. The largest absolute Gasteiger partial charge is 0.388 e. The molecule has 0 aromatic heterocycles. The molecule has 12 heavy (non-hydrogen) atoms. The summed E-state index contributed by atoms with van der Waals surface area (Å²) in [5.41, 5.74) is -0.0648. The molecule has 4 nitrogen and oxygen atoms in total. The van der Waals surface area contributed by atoms with Gasteiger partial charge in [-0.1, -0.05) is 0 Å². The summed E-state index contributed by atoms with van der Waals surface area (Å²) in [4.78, 5) is 0. The second-order valence-electron chi connectivity index (χ2n) is 3.88. The van der Waals surface area contributed by atoms with E-state index in [-0.39, 0.29) is 5.41 Å². The van der Waals surface area contributed by atoms with Crippen LogP contribution < -0.4 is 10.6 Å². The van der Waals surface area contributed by atoms with Crippen LogP contribution in [-0.2, 0) is 0 Å². The van der Waals surface area contributed by atoms with E-state index in [1.807, 2.05) is 0 Å². The molecule has 0 saturated carbocycles. The summed E-state index contributed by atoms with van der Waals surface area (Å²) < 4.78 is 0. The highest BCUT2D eigenvalue weighted by molar-refractivity contribution is 4.99. The Morgan fingerprint density at radius 2 is 1.83 bits per heavy atom. The molecule has 2 aliphatic rings. The first-order valence-corrected chi connectivity index (χ1v) is 4.55. The van der Waals surface area contributed by atoms with Crippen LogP contribution in [0.1, 0.15) is 12.8 Å². The van der Waals surface area contributed by atoms with Gasteiger partial charge in [-0.25, -0.2) is 0 Å². The summed E-state index contributed by atoms with van der Waals surface area (Å²) in [6.07, 6.45) is 0.610. The van der Waals surface area contributed by atoms with Gasteiger partial charge in [-0.2, -0.15) is 0 Å². The highest BCUT2D eigenvalue weighted by Gasteiger charge is 2.47. The van der Waals surface area contributed by atoms with Gasteiger partial charge in [0.2, 0.25) is 0 Å². The number of nitrogens with one attached hydrogen (secondary N) is 2. The van der Waals surface area contributed by atoms with Crippen LogP contribution in [0.5, 0.6) is 0 Å². The van der Waals surface area contributed by atoms with Gasteiger partial charge in [0.1, 0.15) is 12.3 Å². The van der Waals surface area contributed by atoms with Crippen LogP contribution in [0.2, 0.25) is 0 Å². The maximum absolute atomic E-state index is 9.73. The second-order valence-corrected chi connectivity index (χ2v) is 3.88. The van der Waals surface area contributed by atoms with Gasteiger partial charge in [-0.3, -0.25) is 5.32 Å². The molecule has 0 amide bonds. The number of aliphatic hydroxyl groups excluding tert-OH is 2. The molecule has 2 atom stereocenters. The monoisotopic (exact) mass is 172 g/mol. The van der Waals surface area contributed by atoms with Gasteiger partial charge in [0, 0.05) is 12.0 Å². The lowest BCUT2D eigenvalue weighted by atomic mass is 9.76. The standard InChI is InChI=1S/C8H16N2O2/c11-6-7(12)10-5-8(6)1-3-9-4-2-8/h6-7,9-12H,1-5H2. The summed E-state index contributed by atoms with van der Waals surface area (Å²) in [5.74, 6) is 0. The first-order chi connectivity index (χ1) is 5.75. The molecule has 0 aromatic rings. The second kappa shape index (κ2) is 2.96. The van der Waals surface area contributed by atoms with Crippen LogP contribution in [-0.4, -0.2) is 42.2 Å². The Hall–Kier alpha value is -0.160. The zero-order valence-corrected chi connectivity index (χ0v) is 7.08. The molecule has 2 unspecified atom stereocenters. The summed E-state index contributed by atoms with van der Waals surface area (Å²) in [7, 11) is 0. The minimum atomic E-state index is -0.719. The fourth-order valence-electron chi connectivity index (χ4n) is 2.26. The van der Waals surface area contributed by atoms with Crippen molar-refractivity contribution in [3.63, 3.8) is 0 Å². The third-order valence-corrected chi connectivity index (χ3v) is 3.19. The van der Waals surface area contributed by atoms with Crippen molar-refractivity contribution in [3.8, 4) is 0 Å². The molecule has 2 aliphatic heterocycles. The summed E-state index contributed by atoms with van der Waals surface area (Å²) in [5, 5.41) is 25.2. The molecule has 70 valence electrons. The van der Waals surface area contributed by atoms with Crippen LogP contribution in [0.25, 0.3) is 0 Å². The van der Waals surface area contributed by atoms with Crippen molar-refractivity contribution < 1.29 is 10.2 Å². The van der Waals surface area contributed by atoms with Crippen molar-refractivity contribution in [2.24, 2.45) is 5.41 Å². The van der Waals surface area contributed by atoms with E-state index in [4.69, 9.17) is 0 Å². The topological polar surface area (TPSA) is 64.5 Å². The maximum Gasteiger partial charge on any atom is 0.131 e. The average molecular weight is 172 g/mol. The third-order valence-electron chi connectivity index (χ3n) is 3.19. The highest BCUT2D eigenvalue weighted by Crippen LogP contribution is 2.36. The van der Waals surface area contributed by atoms with Gasteiger partial charge in [0.05, 0.1) is 0 Å². The molecule has 2 fully saturated rings. The molecular formula is C8H16N2O2. The quantitative estimate of drug-likeness (QED) is 0.364. The van der Waals surface area contributed by atoms with Crippen LogP contribution >= 0.6 is 0 Å². The molecule has 2 heterocycles. The smallest absolute Gasteiger partial charge is 0.131 e. The fourth-order valence-corrected chi connectivity index (χ4v) is 2.26. The Morgan fingerprint density at radius 3 is 2.33 bits per heavy atom. The predicted octanol–water partition coefficient (Wildman–Crippen LogP) is -1.36. The summed E-state index contributed by atoms with van der Waals surface area (Å²) in [6, 6.07) is 0. The molecular weight excluding hydrogens is 156 g/mol. The summed E-state index contributed by atoms with van der Waals surface area (Å²) in [6.45, 7) is 2.65. The minimum Gasteiger partial charge on any atom is -0.388 e. The average Bonchev–Trinajstić information content (AvgIpc) is 2.37. The van der Waals surface area contributed by atoms with E-state index < -0.39 is 12.3 Å². The lowest BCUT2D eigenvalue weighted by Crippen LogP contribution is -2.45. The number of hydrogen-bond acceptors (Lipinski definition) is 4. The Morgan fingerprint density at radius 1 is 1.17 bits per heavy atom. The summed E-state index contributed by atoms with van der Waals surface area (Å²) >= 11 is 0. The van der Waals surface area contributed by atoms with E-state index >= 15 is 0 Å². The Bertz CT molecular complexity index is 163. The van der Waals surface area contributed by atoms with E-state index in [2.05, 4.69) is 10.6 Å². The van der Waals surface area contributed by atoms with Crippen LogP contribution in [0, 0.1) is 5.41 Å². The molecule has 0 radical (unpaired) electrons. The fraction of sp³-hybridized carbons (Fsp3) is 1.00. The SMILES string of the molecule is OC1NCC2(CCNCC2)C1O. The van der Waals surface area contributed by atoms with Gasteiger partial charge in [-0.15, -0.1) is 0 Å². The van der Waals surface area contributed by atoms with Gasteiger partial charge in [0.15, 0.2) is 0 Å². The molecule has 4 N–H and O–H groups in total. The molecule has 4 heteroatoms. The number of rotatable bonds is 0. The van der Waals surface area contributed by atoms with Gasteiger partial charge >= 0.3 is 0 Å². The van der Waals surface area contributed by atoms with E-state index in [9.17, 15) is 10.2 Å². The van der Waals surface area contributed by atoms with Crippen LogP contribution in [0.3, 0.4) is 0 Å². The van der Waals surface area contributed by atoms with Crippen LogP contribution in [0.15, 0.2) is 0 Å². The van der Waals surface area contributed by atoms with Crippen molar-refractivity contribution in [2.45, 2.75) is 25.2 Å². The van der Waals surface area contributed by atoms with E-state index in [0.29, 0.717) is 0 Å². The minimum absolute atomic E-state index is 0.0648. The zero-order chi connectivity index (χ0) is 8.60. The number of aliphatic hydroxyl groups is 2. The zero-order valence-electron chi connectivity index (χ0n) is 7.08. The van der Waals surface area contributed by atoms with Crippen LogP contribution in [0.4, 0.5) is 0 Å². The lowest BCUT2D eigenvalue weighted by Gasteiger charge is -2.36. The van der Waals surface area contributed by atoms with Gasteiger partial charge in [-0.05, 0) is 25.9 Å². The van der Waals surface area contributed by atoms with E-state index in [0.717, 1.165) is 32.5 Å². The first kappa shape index (κ1) is 8.44. The molecule has 2 rings (SSSR count). The number of piperidine rings is 1. The first-order valence-electron chi connectivity index (χ1n) is 4.55. The molecule has 0 aliphatic carbocycles. The molecule has 0 aromatic carbocycles. The van der Waals surface area contributed by atoms with Crippen molar-refractivity contribution >= 4 is 0 Å². The van der Waals surface area contributed by atoms with Crippen molar-refractivity contribution in [1.29, 1.82) is 0 Å². The van der Waals surface area contributed by atoms with Crippen molar-refractivity contribution in [3.05, 3.63) is 0 Å². The molecule has 0 bridgehead atoms. The Kier molecular flexibility index (Phi) is 2.08. The predicted molar refractivity (Wildman–Crippen MR) is 44.6 cm³/mol. The van der Waals surface area contributed by atoms with Crippen molar-refractivity contribution in [1.82, 2.24) is 10.6 Å². The third kappa shape index (κ3) is 1.15. The molecule has 1 spiro atoms. The Balaban J connectivity index is 2.09. The van der Waals surface area contributed by atoms with E-state index in [1.165, 1.54) is 0 Å². The normalized spacial score (nSPS) is 40.5. The van der Waals surface area contributed by atoms with E-state index in [1.54, 1.807) is 0 Å². The Labute approximate surface area is 72.0 Å². The highest BCUT2D eigenvalue weighted by atomic mass is 16.3. The lowest BCUT2D eigenvalue weighted by molar-refractivity contribution is -0.0349. The van der Waals surface area contributed by atoms with Gasteiger partial charge < -0.3 is 15.5 Å².